The number of hydrogen-bond acceptors (Lipinski definition) is 4. The molecule has 1 saturated heterocycles. The highest BCUT2D eigenvalue weighted by atomic mass is 35.5. The monoisotopic (exact) mass is 464 g/mol. The van der Waals surface area contributed by atoms with Gasteiger partial charge in [0.05, 0.1) is 17.6 Å². The molecule has 0 saturated carbocycles. The lowest BCUT2D eigenvalue weighted by Crippen LogP contribution is -2.38. The van der Waals surface area contributed by atoms with Crippen LogP contribution in [0.1, 0.15) is 30.0 Å². The summed E-state index contributed by atoms with van der Waals surface area (Å²) in [6, 6.07) is 18.1. The number of hydrogen-bond donors (Lipinski definition) is 1. The summed E-state index contributed by atoms with van der Waals surface area (Å²) in [6.45, 7) is 3.19. The number of thioether (sulfide) groups is 1. The van der Waals surface area contributed by atoms with Crippen molar-refractivity contribution in [3.05, 3.63) is 76.5 Å². The Hall–Kier alpha value is -1.66. The third-order valence-corrected chi connectivity index (χ3v) is 6.65. The van der Waals surface area contributed by atoms with Crippen LogP contribution in [0.15, 0.2) is 60.4 Å². The second kappa shape index (κ2) is 11.1. The van der Waals surface area contributed by atoms with Crippen molar-refractivity contribution >= 4 is 46.6 Å². The van der Waals surface area contributed by atoms with Gasteiger partial charge in [-0.3, -0.25) is 9.69 Å². The van der Waals surface area contributed by atoms with Crippen LogP contribution in [0.2, 0.25) is 5.02 Å². The fourth-order valence-electron chi connectivity index (χ4n) is 3.86. The topological polar surface area (TPSA) is 41.6 Å². The van der Waals surface area contributed by atoms with Crippen molar-refractivity contribution < 1.29 is 9.53 Å². The first kappa shape index (κ1) is 23.0. The molecule has 4 rings (SSSR count). The summed E-state index contributed by atoms with van der Waals surface area (Å²) in [5.41, 5.74) is 2.20. The van der Waals surface area contributed by atoms with E-state index in [-0.39, 0.29) is 24.4 Å². The van der Waals surface area contributed by atoms with Gasteiger partial charge in [0.1, 0.15) is 0 Å². The second-order valence-electron chi connectivity index (χ2n) is 7.24. The quantitative estimate of drug-likeness (QED) is 0.641. The predicted octanol–water partition coefficient (Wildman–Crippen LogP) is 5.15. The molecule has 0 aliphatic carbocycles. The van der Waals surface area contributed by atoms with Gasteiger partial charge in [-0.2, -0.15) is 0 Å². The number of nitrogens with one attached hydrogen (secondary N) is 1. The second-order valence-corrected chi connectivity index (χ2v) is 8.78. The first-order valence-corrected chi connectivity index (χ1v) is 11.4. The van der Waals surface area contributed by atoms with Gasteiger partial charge in [0.25, 0.3) is 5.91 Å². The highest BCUT2D eigenvalue weighted by Crippen LogP contribution is 2.34. The van der Waals surface area contributed by atoms with Gasteiger partial charge < -0.3 is 10.1 Å². The summed E-state index contributed by atoms with van der Waals surface area (Å²) >= 11 is 7.75. The van der Waals surface area contributed by atoms with Crippen molar-refractivity contribution in [1.29, 1.82) is 0 Å². The molecule has 1 fully saturated rings. The van der Waals surface area contributed by atoms with Gasteiger partial charge in [-0.05, 0) is 49.2 Å². The Balaban J connectivity index is 0.00000256. The summed E-state index contributed by atoms with van der Waals surface area (Å²) in [7, 11) is 0. The Morgan fingerprint density at radius 3 is 2.50 bits per heavy atom. The summed E-state index contributed by atoms with van der Waals surface area (Å²) < 4.78 is 5.80. The summed E-state index contributed by atoms with van der Waals surface area (Å²) in [6.07, 6.45) is 2.39. The van der Waals surface area contributed by atoms with Crippen molar-refractivity contribution in [2.45, 2.75) is 18.9 Å². The number of amides is 1. The van der Waals surface area contributed by atoms with Crippen LogP contribution < -0.4 is 5.32 Å². The molecule has 2 aromatic rings. The lowest BCUT2D eigenvalue weighted by molar-refractivity contribution is -0.121. The zero-order valence-electron chi connectivity index (χ0n) is 16.7. The van der Waals surface area contributed by atoms with E-state index in [1.54, 1.807) is 11.8 Å². The average molecular weight is 465 g/mol. The summed E-state index contributed by atoms with van der Waals surface area (Å²) in [5, 5.41) is 3.86. The van der Waals surface area contributed by atoms with Crippen LogP contribution in [0, 0.1) is 0 Å². The maximum Gasteiger partial charge on any atom is 0.287 e. The molecule has 2 heterocycles. The fraction of sp³-hybridized carbons (Fsp3) is 0.348. The number of ether oxygens (including phenoxy) is 1. The number of carbonyl (C=O) groups is 1. The van der Waals surface area contributed by atoms with Crippen molar-refractivity contribution in [1.82, 2.24) is 10.2 Å². The molecule has 2 aromatic carbocycles. The van der Waals surface area contributed by atoms with Crippen molar-refractivity contribution in [2.24, 2.45) is 0 Å². The van der Waals surface area contributed by atoms with E-state index in [4.69, 9.17) is 16.3 Å². The number of carbonyl (C=O) groups excluding carboxylic acids is 1. The van der Waals surface area contributed by atoms with E-state index in [2.05, 4.69) is 22.3 Å². The third-order valence-electron chi connectivity index (χ3n) is 5.32. The van der Waals surface area contributed by atoms with E-state index in [0.717, 1.165) is 34.3 Å². The van der Waals surface area contributed by atoms with Crippen LogP contribution in [0.5, 0.6) is 0 Å². The highest BCUT2D eigenvalue weighted by Gasteiger charge is 2.27. The minimum absolute atomic E-state index is 0. The van der Waals surface area contributed by atoms with Crippen molar-refractivity contribution in [3.63, 3.8) is 0 Å². The molecule has 1 atom stereocenters. The molecule has 0 spiro atoms. The predicted molar refractivity (Wildman–Crippen MR) is 127 cm³/mol. The van der Waals surface area contributed by atoms with E-state index in [0.29, 0.717) is 18.9 Å². The van der Waals surface area contributed by atoms with Gasteiger partial charge in [0, 0.05) is 17.3 Å². The minimum Gasteiger partial charge on any atom is -0.486 e. The molecular weight excluding hydrogens is 439 g/mol. The van der Waals surface area contributed by atoms with Gasteiger partial charge in [-0.15, -0.1) is 24.2 Å². The lowest BCUT2D eigenvalue weighted by atomic mass is 10.1. The van der Waals surface area contributed by atoms with Gasteiger partial charge in [-0.1, -0.05) is 54.1 Å². The Morgan fingerprint density at radius 1 is 1.10 bits per heavy atom. The summed E-state index contributed by atoms with van der Waals surface area (Å²) in [4.78, 5) is 16.4. The number of halogens is 2. The molecular formula is C23H26Cl2N2O2S. The number of nitrogens with zero attached hydrogens (tertiary/aromatic N) is 1. The Kier molecular flexibility index (Phi) is 8.51. The number of likely N-dealkylation sites (tertiary alicyclic amines) is 1. The van der Waals surface area contributed by atoms with Crippen LogP contribution >= 0.6 is 35.8 Å². The molecule has 0 aromatic heterocycles. The lowest BCUT2D eigenvalue weighted by Gasteiger charge is -2.29. The molecule has 1 N–H and O–H groups in total. The van der Waals surface area contributed by atoms with Crippen molar-refractivity contribution in [3.8, 4) is 0 Å². The molecule has 4 nitrogen and oxygen atoms in total. The van der Waals surface area contributed by atoms with Gasteiger partial charge in [-0.25, -0.2) is 0 Å². The van der Waals surface area contributed by atoms with Crippen molar-refractivity contribution in [2.75, 3.05) is 32.0 Å². The molecule has 160 valence electrons. The molecule has 30 heavy (non-hydrogen) atoms. The van der Waals surface area contributed by atoms with Crippen LogP contribution in [-0.2, 0) is 9.53 Å². The maximum atomic E-state index is 13.0. The summed E-state index contributed by atoms with van der Waals surface area (Å²) in [5.74, 6) is 1.14. The molecule has 2 aliphatic rings. The van der Waals surface area contributed by atoms with E-state index in [9.17, 15) is 4.79 Å². The Bertz CT molecular complexity index is 869. The standard InChI is InChI=1S/C23H25ClN2O2S.ClH/c24-19-10-8-17(9-11-19)20(26-12-4-5-13-26)16-25-23(27)21-22(29-15-14-28-21)18-6-2-1-3-7-18;/h1-3,6-11,20H,4-5,12-16H2,(H,25,27);1H. The average Bonchev–Trinajstić information content (AvgIpc) is 3.30. The van der Waals surface area contributed by atoms with Gasteiger partial charge in [0.15, 0.2) is 5.76 Å². The fourth-order valence-corrected chi connectivity index (χ4v) is 4.94. The van der Waals surface area contributed by atoms with E-state index in [1.165, 1.54) is 18.4 Å². The van der Waals surface area contributed by atoms with E-state index in [1.807, 2.05) is 42.5 Å². The van der Waals surface area contributed by atoms with Crippen LogP contribution in [0.3, 0.4) is 0 Å². The molecule has 1 amide bonds. The smallest absolute Gasteiger partial charge is 0.287 e. The highest BCUT2D eigenvalue weighted by molar-refractivity contribution is 8.08. The minimum atomic E-state index is -0.144. The number of rotatable bonds is 6. The Labute approximate surface area is 193 Å². The maximum absolute atomic E-state index is 13.0. The molecule has 0 bridgehead atoms. The molecule has 2 aliphatic heterocycles. The van der Waals surface area contributed by atoms with Crippen LogP contribution in [-0.4, -0.2) is 42.8 Å². The van der Waals surface area contributed by atoms with Gasteiger partial charge in [0.2, 0.25) is 0 Å². The third kappa shape index (κ3) is 5.52. The van der Waals surface area contributed by atoms with E-state index >= 15 is 0 Å². The Morgan fingerprint density at radius 2 is 1.80 bits per heavy atom. The molecule has 0 radical (unpaired) electrons. The zero-order chi connectivity index (χ0) is 20.1. The molecule has 7 heteroatoms. The first-order valence-electron chi connectivity index (χ1n) is 10.1. The van der Waals surface area contributed by atoms with E-state index < -0.39 is 0 Å². The first-order chi connectivity index (χ1) is 14.2. The number of benzene rings is 2. The zero-order valence-corrected chi connectivity index (χ0v) is 19.1. The van der Waals surface area contributed by atoms with Gasteiger partial charge >= 0.3 is 0 Å². The van der Waals surface area contributed by atoms with Crippen LogP contribution in [0.25, 0.3) is 4.91 Å². The SMILES string of the molecule is Cl.O=C(NCC(c1ccc(Cl)cc1)N1CCCC1)C1=C(c2ccccc2)SCCO1. The van der Waals surface area contributed by atoms with Crippen LogP contribution in [0.4, 0.5) is 0 Å². The largest absolute Gasteiger partial charge is 0.486 e. The molecule has 1 unspecified atom stereocenters. The normalized spacial score (nSPS) is 17.8.